The Morgan fingerprint density at radius 1 is 1.11 bits per heavy atom. The first kappa shape index (κ1) is 12.7. The van der Waals surface area contributed by atoms with Crippen molar-refractivity contribution < 1.29 is 0 Å². The largest absolute Gasteiger partial charge is 0.347 e. The van der Waals surface area contributed by atoms with E-state index in [1.165, 1.54) is 40.4 Å². The first-order valence-corrected chi connectivity index (χ1v) is 7.36. The SMILES string of the molecule is Cc1cc(C)c2c(c1)c(C)c(C1CCNCC1)n2C. The average Bonchev–Trinajstić information content (AvgIpc) is 2.62. The van der Waals surface area contributed by atoms with E-state index in [0.29, 0.717) is 0 Å². The Morgan fingerprint density at radius 2 is 1.79 bits per heavy atom. The summed E-state index contributed by atoms with van der Waals surface area (Å²) in [6, 6.07) is 4.65. The Labute approximate surface area is 115 Å². The lowest BCUT2D eigenvalue weighted by atomic mass is 9.92. The van der Waals surface area contributed by atoms with E-state index in [1.54, 1.807) is 5.69 Å². The van der Waals surface area contributed by atoms with Crippen molar-refractivity contribution in [3.05, 3.63) is 34.5 Å². The van der Waals surface area contributed by atoms with E-state index in [2.05, 4.69) is 49.8 Å². The van der Waals surface area contributed by atoms with Crippen molar-refractivity contribution in [3.63, 3.8) is 0 Å². The van der Waals surface area contributed by atoms with Gasteiger partial charge < -0.3 is 9.88 Å². The molecule has 1 saturated heterocycles. The standard InChI is InChI=1S/C17H24N2/c1-11-9-12(2)16-15(10-11)13(3)17(19(16)4)14-5-7-18-8-6-14/h9-10,14,18H,5-8H2,1-4H3. The molecule has 1 N–H and O–H groups in total. The normalized spacial score (nSPS) is 17.3. The van der Waals surface area contributed by atoms with Crippen molar-refractivity contribution in [1.82, 2.24) is 9.88 Å². The van der Waals surface area contributed by atoms with E-state index in [9.17, 15) is 0 Å². The lowest BCUT2D eigenvalue weighted by Crippen LogP contribution is -2.27. The molecule has 2 heteroatoms. The molecule has 0 aliphatic carbocycles. The van der Waals surface area contributed by atoms with Gasteiger partial charge in [0.15, 0.2) is 0 Å². The summed E-state index contributed by atoms with van der Waals surface area (Å²) in [7, 11) is 2.25. The van der Waals surface area contributed by atoms with Crippen LogP contribution in [0.3, 0.4) is 0 Å². The number of fused-ring (bicyclic) bond motifs is 1. The Morgan fingerprint density at radius 3 is 2.47 bits per heavy atom. The van der Waals surface area contributed by atoms with E-state index in [-0.39, 0.29) is 0 Å². The van der Waals surface area contributed by atoms with Crippen molar-refractivity contribution in [2.75, 3.05) is 13.1 Å². The van der Waals surface area contributed by atoms with Gasteiger partial charge in [-0.25, -0.2) is 0 Å². The zero-order valence-electron chi connectivity index (χ0n) is 12.5. The lowest BCUT2D eigenvalue weighted by molar-refractivity contribution is 0.445. The fourth-order valence-corrected chi connectivity index (χ4v) is 3.88. The van der Waals surface area contributed by atoms with Gasteiger partial charge in [-0.05, 0) is 63.9 Å². The monoisotopic (exact) mass is 256 g/mol. The molecule has 2 aromatic rings. The molecule has 0 spiro atoms. The molecule has 3 rings (SSSR count). The number of rotatable bonds is 1. The van der Waals surface area contributed by atoms with Crippen molar-refractivity contribution in [3.8, 4) is 0 Å². The van der Waals surface area contributed by atoms with Crippen LogP contribution in [0.15, 0.2) is 12.1 Å². The lowest BCUT2D eigenvalue weighted by Gasteiger charge is -2.24. The summed E-state index contributed by atoms with van der Waals surface area (Å²) < 4.78 is 2.45. The summed E-state index contributed by atoms with van der Waals surface area (Å²) >= 11 is 0. The highest BCUT2D eigenvalue weighted by molar-refractivity contribution is 5.88. The van der Waals surface area contributed by atoms with Crippen molar-refractivity contribution in [2.24, 2.45) is 7.05 Å². The zero-order valence-corrected chi connectivity index (χ0v) is 12.5. The van der Waals surface area contributed by atoms with Crippen molar-refractivity contribution in [2.45, 2.75) is 39.5 Å². The molecule has 1 aromatic heterocycles. The van der Waals surface area contributed by atoms with Gasteiger partial charge in [0.2, 0.25) is 0 Å². The van der Waals surface area contributed by atoms with Crippen LogP contribution in [0.5, 0.6) is 0 Å². The molecule has 0 amide bonds. The molecule has 1 fully saturated rings. The van der Waals surface area contributed by atoms with Gasteiger partial charge in [0.1, 0.15) is 0 Å². The molecule has 2 nitrogen and oxygen atoms in total. The molecule has 0 unspecified atom stereocenters. The first-order valence-electron chi connectivity index (χ1n) is 7.36. The third kappa shape index (κ3) is 1.99. The Balaban J connectivity index is 2.22. The topological polar surface area (TPSA) is 17.0 Å². The molecule has 0 saturated carbocycles. The van der Waals surface area contributed by atoms with Gasteiger partial charge >= 0.3 is 0 Å². The molecule has 0 atom stereocenters. The van der Waals surface area contributed by atoms with Crippen LogP contribution >= 0.6 is 0 Å². The number of benzene rings is 1. The second-order valence-electron chi connectivity index (χ2n) is 6.07. The molecule has 2 heterocycles. The Bertz CT molecular complexity index is 616. The summed E-state index contributed by atoms with van der Waals surface area (Å²) in [5.74, 6) is 0.721. The van der Waals surface area contributed by atoms with Gasteiger partial charge in [0.25, 0.3) is 0 Å². The molecule has 19 heavy (non-hydrogen) atoms. The fourth-order valence-electron chi connectivity index (χ4n) is 3.88. The minimum atomic E-state index is 0.721. The number of hydrogen-bond acceptors (Lipinski definition) is 1. The van der Waals surface area contributed by atoms with Gasteiger partial charge in [0, 0.05) is 24.0 Å². The summed E-state index contributed by atoms with van der Waals surface area (Å²) in [6.45, 7) is 9.05. The summed E-state index contributed by atoms with van der Waals surface area (Å²) in [4.78, 5) is 0. The predicted molar refractivity (Wildman–Crippen MR) is 82.0 cm³/mol. The maximum atomic E-state index is 3.47. The molecule has 0 bridgehead atoms. The minimum Gasteiger partial charge on any atom is -0.347 e. The van der Waals surface area contributed by atoms with Crippen LogP contribution in [0.2, 0.25) is 0 Å². The number of nitrogens with zero attached hydrogens (tertiary/aromatic N) is 1. The molecule has 1 aliphatic rings. The van der Waals surface area contributed by atoms with E-state index >= 15 is 0 Å². The number of nitrogens with one attached hydrogen (secondary N) is 1. The second kappa shape index (κ2) is 4.68. The van der Waals surface area contributed by atoms with Crippen LogP contribution < -0.4 is 5.32 Å². The van der Waals surface area contributed by atoms with Gasteiger partial charge in [0.05, 0.1) is 5.52 Å². The third-order valence-electron chi connectivity index (χ3n) is 4.66. The van der Waals surface area contributed by atoms with E-state index in [0.717, 1.165) is 19.0 Å². The number of hydrogen-bond donors (Lipinski definition) is 1. The quantitative estimate of drug-likeness (QED) is 0.825. The van der Waals surface area contributed by atoms with Crippen molar-refractivity contribution >= 4 is 10.9 Å². The van der Waals surface area contributed by atoms with Gasteiger partial charge in [-0.3, -0.25) is 0 Å². The highest BCUT2D eigenvalue weighted by atomic mass is 15.0. The van der Waals surface area contributed by atoms with Gasteiger partial charge in [-0.1, -0.05) is 11.6 Å². The molecular formula is C17H24N2. The Hall–Kier alpha value is -1.28. The highest BCUT2D eigenvalue weighted by Gasteiger charge is 2.23. The maximum Gasteiger partial charge on any atom is 0.0512 e. The number of aryl methyl sites for hydroxylation is 4. The van der Waals surface area contributed by atoms with Gasteiger partial charge in [-0.15, -0.1) is 0 Å². The van der Waals surface area contributed by atoms with E-state index in [4.69, 9.17) is 0 Å². The van der Waals surface area contributed by atoms with Gasteiger partial charge in [-0.2, -0.15) is 0 Å². The molecule has 102 valence electrons. The van der Waals surface area contributed by atoms with Crippen LogP contribution in [-0.2, 0) is 7.05 Å². The van der Waals surface area contributed by atoms with Crippen LogP contribution in [0.4, 0.5) is 0 Å². The molecular weight excluding hydrogens is 232 g/mol. The van der Waals surface area contributed by atoms with E-state index < -0.39 is 0 Å². The van der Waals surface area contributed by atoms with E-state index in [1.807, 2.05) is 0 Å². The summed E-state index contributed by atoms with van der Waals surface area (Å²) in [6.07, 6.45) is 2.53. The average molecular weight is 256 g/mol. The van der Waals surface area contributed by atoms with Crippen LogP contribution in [0.25, 0.3) is 10.9 Å². The minimum absolute atomic E-state index is 0.721. The summed E-state index contributed by atoms with van der Waals surface area (Å²) in [5.41, 5.74) is 7.26. The smallest absolute Gasteiger partial charge is 0.0512 e. The maximum absolute atomic E-state index is 3.47. The molecule has 0 radical (unpaired) electrons. The number of aromatic nitrogens is 1. The molecule has 1 aliphatic heterocycles. The van der Waals surface area contributed by atoms with Crippen LogP contribution in [0, 0.1) is 20.8 Å². The van der Waals surface area contributed by atoms with Crippen LogP contribution in [-0.4, -0.2) is 17.7 Å². The Kier molecular flexibility index (Phi) is 3.14. The fraction of sp³-hybridized carbons (Fsp3) is 0.529. The second-order valence-corrected chi connectivity index (χ2v) is 6.07. The first-order chi connectivity index (χ1) is 9.09. The molecule has 1 aromatic carbocycles. The number of piperidine rings is 1. The van der Waals surface area contributed by atoms with Crippen LogP contribution in [0.1, 0.15) is 41.1 Å². The highest BCUT2D eigenvalue weighted by Crippen LogP contribution is 2.35. The predicted octanol–water partition coefficient (Wildman–Crippen LogP) is 3.57. The zero-order chi connectivity index (χ0) is 13.6. The summed E-state index contributed by atoms with van der Waals surface area (Å²) in [5, 5.41) is 4.92. The van der Waals surface area contributed by atoms with Crippen molar-refractivity contribution in [1.29, 1.82) is 0 Å². The third-order valence-corrected chi connectivity index (χ3v) is 4.66.